The SMILES string of the molecule is CCC(CC)CNC(=O)c1cc(F)cc(S(N)(=O)=O)c1F. The quantitative estimate of drug-likeness (QED) is 0.837. The Morgan fingerprint density at radius 2 is 1.86 bits per heavy atom. The molecule has 0 spiro atoms. The third-order valence-electron chi connectivity index (χ3n) is 3.26. The van der Waals surface area contributed by atoms with Crippen molar-refractivity contribution in [3.05, 3.63) is 29.3 Å². The molecule has 21 heavy (non-hydrogen) atoms. The highest BCUT2D eigenvalue weighted by molar-refractivity contribution is 7.89. The molecule has 0 bridgehead atoms. The number of hydrogen-bond donors (Lipinski definition) is 2. The van der Waals surface area contributed by atoms with Crippen LogP contribution < -0.4 is 10.5 Å². The van der Waals surface area contributed by atoms with Crippen molar-refractivity contribution in [1.29, 1.82) is 0 Å². The lowest BCUT2D eigenvalue weighted by Crippen LogP contribution is -2.30. The molecule has 0 fully saturated rings. The van der Waals surface area contributed by atoms with E-state index in [4.69, 9.17) is 5.14 Å². The van der Waals surface area contributed by atoms with Gasteiger partial charge >= 0.3 is 0 Å². The zero-order chi connectivity index (χ0) is 16.2. The zero-order valence-corrected chi connectivity index (χ0v) is 12.6. The molecule has 5 nitrogen and oxygen atoms in total. The fourth-order valence-corrected chi connectivity index (χ4v) is 2.48. The summed E-state index contributed by atoms with van der Waals surface area (Å²) in [6.07, 6.45) is 1.65. The zero-order valence-electron chi connectivity index (χ0n) is 11.8. The van der Waals surface area contributed by atoms with Gasteiger partial charge in [0.2, 0.25) is 10.0 Å². The minimum atomic E-state index is -4.45. The van der Waals surface area contributed by atoms with Crippen LogP contribution in [0.4, 0.5) is 8.78 Å². The normalized spacial score (nSPS) is 11.7. The Bertz CT molecular complexity index is 629. The Morgan fingerprint density at radius 1 is 1.29 bits per heavy atom. The van der Waals surface area contributed by atoms with Crippen LogP contribution in [0.1, 0.15) is 37.0 Å². The van der Waals surface area contributed by atoms with Crippen molar-refractivity contribution >= 4 is 15.9 Å². The molecule has 0 aliphatic rings. The summed E-state index contributed by atoms with van der Waals surface area (Å²) in [7, 11) is -4.45. The summed E-state index contributed by atoms with van der Waals surface area (Å²) in [4.78, 5) is 10.8. The van der Waals surface area contributed by atoms with Gasteiger partial charge in [-0.25, -0.2) is 22.3 Å². The first-order chi connectivity index (χ1) is 9.70. The Hall–Kier alpha value is -1.54. The van der Waals surface area contributed by atoms with Crippen molar-refractivity contribution in [3.8, 4) is 0 Å². The molecule has 0 heterocycles. The molecule has 1 aromatic rings. The van der Waals surface area contributed by atoms with Gasteiger partial charge in [-0.2, -0.15) is 0 Å². The summed E-state index contributed by atoms with van der Waals surface area (Å²) in [6, 6.07) is 1.09. The van der Waals surface area contributed by atoms with Crippen LogP contribution in [0.2, 0.25) is 0 Å². The molecule has 0 unspecified atom stereocenters. The maximum absolute atomic E-state index is 14.0. The van der Waals surface area contributed by atoms with E-state index < -0.39 is 38.0 Å². The summed E-state index contributed by atoms with van der Waals surface area (Å²) in [5, 5.41) is 7.26. The average Bonchev–Trinajstić information content (AvgIpc) is 2.40. The lowest BCUT2D eigenvalue weighted by atomic mass is 10.0. The number of nitrogens with two attached hydrogens (primary N) is 1. The van der Waals surface area contributed by atoms with Gasteiger partial charge in [0.25, 0.3) is 5.91 Å². The van der Waals surface area contributed by atoms with Gasteiger partial charge in [-0.1, -0.05) is 26.7 Å². The van der Waals surface area contributed by atoms with Crippen LogP contribution in [-0.2, 0) is 10.0 Å². The Morgan fingerprint density at radius 3 is 2.33 bits per heavy atom. The fourth-order valence-electron chi connectivity index (χ4n) is 1.85. The molecule has 1 amide bonds. The van der Waals surface area contributed by atoms with Crippen LogP contribution >= 0.6 is 0 Å². The van der Waals surface area contributed by atoms with Crippen LogP contribution in [0.3, 0.4) is 0 Å². The number of primary sulfonamides is 1. The highest BCUT2D eigenvalue weighted by Crippen LogP contribution is 2.19. The van der Waals surface area contributed by atoms with E-state index in [1.165, 1.54) is 0 Å². The number of hydrogen-bond acceptors (Lipinski definition) is 3. The molecule has 0 saturated carbocycles. The van der Waals surface area contributed by atoms with E-state index in [2.05, 4.69) is 5.32 Å². The second-order valence-electron chi connectivity index (χ2n) is 4.70. The highest BCUT2D eigenvalue weighted by Gasteiger charge is 2.23. The van der Waals surface area contributed by atoms with Crippen LogP contribution in [0, 0.1) is 17.6 Å². The number of benzene rings is 1. The number of carbonyl (C=O) groups excluding carboxylic acids is 1. The molecule has 0 aromatic heterocycles. The van der Waals surface area contributed by atoms with Crippen molar-refractivity contribution in [2.75, 3.05) is 6.54 Å². The number of amides is 1. The standard InChI is InChI=1S/C13H18F2N2O3S/c1-3-8(4-2)7-17-13(18)10-5-9(14)6-11(12(10)15)21(16,19)20/h5-6,8H,3-4,7H2,1-2H3,(H,17,18)(H2,16,19,20). The summed E-state index contributed by atoms with van der Waals surface area (Å²) in [5.41, 5.74) is -0.676. The van der Waals surface area contributed by atoms with Gasteiger partial charge in [0.05, 0.1) is 5.56 Å². The number of sulfonamides is 1. The van der Waals surface area contributed by atoms with Gasteiger partial charge in [-0.15, -0.1) is 0 Å². The van der Waals surface area contributed by atoms with E-state index in [-0.39, 0.29) is 5.92 Å². The van der Waals surface area contributed by atoms with Gasteiger partial charge in [0, 0.05) is 6.54 Å². The third kappa shape index (κ3) is 4.47. The van der Waals surface area contributed by atoms with Gasteiger partial charge in [0.15, 0.2) is 5.82 Å². The Kier molecular flexibility index (Phi) is 5.79. The van der Waals surface area contributed by atoms with E-state index in [1.54, 1.807) is 0 Å². The molecule has 1 rings (SSSR count). The van der Waals surface area contributed by atoms with Crippen molar-refractivity contribution in [1.82, 2.24) is 5.32 Å². The second kappa shape index (κ2) is 6.95. The molecule has 0 radical (unpaired) electrons. The first kappa shape index (κ1) is 17.5. The maximum atomic E-state index is 14.0. The van der Waals surface area contributed by atoms with Gasteiger partial charge in [0.1, 0.15) is 10.7 Å². The lowest BCUT2D eigenvalue weighted by Gasteiger charge is -2.14. The lowest BCUT2D eigenvalue weighted by molar-refractivity contribution is 0.0941. The van der Waals surface area contributed by atoms with Crippen molar-refractivity contribution < 1.29 is 22.0 Å². The van der Waals surface area contributed by atoms with Crippen molar-refractivity contribution in [2.45, 2.75) is 31.6 Å². The topological polar surface area (TPSA) is 89.3 Å². The van der Waals surface area contributed by atoms with E-state index in [0.29, 0.717) is 18.7 Å². The van der Waals surface area contributed by atoms with E-state index in [1.807, 2.05) is 13.8 Å². The second-order valence-corrected chi connectivity index (χ2v) is 6.23. The minimum absolute atomic E-state index is 0.211. The summed E-state index contributed by atoms with van der Waals surface area (Å²) in [5.74, 6) is -3.05. The minimum Gasteiger partial charge on any atom is -0.352 e. The van der Waals surface area contributed by atoms with E-state index >= 15 is 0 Å². The fraction of sp³-hybridized carbons (Fsp3) is 0.462. The predicted molar refractivity (Wildman–Crippen MR) is 74.1 cm³/mol. The average molecular weight is 320 g/mol. The smallest absolute Gasteiger partial charge is 0.254 e. The molecule has 0 saturated heterocycles. The molecule has 118 valence electrons. The molecule has 1 aromatic carbocycles. The number of rotatable bonds is 6. The van der Waals surface area contributed by atoms with Gasteiger partial charge in [-0.05, 0) is 18.1 Å². The van der Waals surface area contributed by atoms with Crippen LogP contribution in [0.5, 0.6) is 0 Å². The van der Waals surface area contributed by atoms with Crippen LogP contribution in [0.15, 0.2) is 17.0 Å². The summed E-state index contributed by atoms with van der Waals surface area (Å²) in [6.45, 7) is 4.19. The maximum Gasteiger partial charge on any atom is 0.254 e. The van der Waals surface area contributed by atoms with E-state index in [9.17, 15) is 22.0 Å². The molecular weight excluding hydrogens is 302 g/mol. The first-order valence-corrected chi connectivity index (χ1v) is 8.05. The van der Waals surface area contributed by atoms with Crippen molar-refractivity contribution in [2.24, 2.45) is 11.1 Å². The summed E-state index contributed by atoms with van der Waals surface area (Å²) < 4.78 is 49.7. The summed E-state index contributed by atoms with van der Waals surface area (Å²) >= 11 is 0. The first-order valence-electron chi connectivity index (χ1n) is 6.50. The van der Waals surface area contributed by atoms with Crippen LogP contribution in [0.25, 0.3) is 0 Å². The van der Waals surface area contributed by atoms with E-state index in [0.717, 1.165) is 12.8 Å². The highest BCUT2D eigenvalue weighted by atomic mass is 32.2. The molecular formula is C13H18F2N2O3S. The number of carbonyl (C=O) groups is 1. The molecule has 0 atom stereocenters. The largest absolute Gasteiger partial charge is 0.352 e. The Labute approximate surface area is 122 Å². The van der Waals surface area contributed by atoms with Crippen LogP contribution in [-0.4, -0.2) is 20.9 Å². The molecule has 8 heteroatoms. The third-order valence-corrected chi connectivity index (χ3v) is 4.17. The monoisotopic (exact) mass is 320 g/mol. The molecule has 0 aliphatic heterocycles. The van der Waals surface area contributed by atoms with Crippen molar-refractivity contribution in [3.63, 3.8) is 0 Å². The molecule has 0 aliphatic carbocycles. The molecule has 3 N–H and O–H groups in total. The number of nitrogens with one attached hydrogen (secondary N) is 1. The van der Waals surface area contributed by atoms with Gasteiger partial charge in [-0.3, -0.25) is 4.79 Å². The van der Waals surface area contributed by atoms with Gasteiger partial charge < -0.3 is 5.32 Å². The predicted octanol–water partition coefficient (Wildman–Crippen LogP) is 1.78. The Balaban J connectivity index is 3.08. The number of halogens is 2.